The maximum atomic E-state index is 12.6. The normalized spacial score (nSPS) is 19.4. The van der Waals surface area contributed by atoms with Crippen LogP contribution < -0.4 is 14.5 Å². The van der Waals surface area contributed by atoms with Crippen LogP contribution in [0.15, 0.2) is 53.4 Å². The molecule has 0 spiro atoms. The monoisotopic (exact) mass is 399 g/mol. The number of anilines is 2. The van der Waals surface area contributed by atoms with E-state index in [9.17, 15) is 18.0 Å². The van der Waals surface area contributed by atoms with E-state index in [1.807, 2.05) is 11.8 Å². The van der Waals surface area contributed by atoms with E-state index in [0.717, 1.165) is 24.2 Å². The van der Waals surface area contributed by atoms with Gasteiger partial charge < -0.3 is 9.80 Å². The number of fused-ring (bicyclic) bond motifs is 1. The Labute approximate surface area is 164 Å². The first-order valence-electron chi connectivity index (χ1n) is 9.12. The van der Waals surface area contributed by atoms with Crippen molar-refractivity contribution in [2.75, 3.05) is 16.8 Å². The first-order valence-corrected chi connectivity index (χ1v) is 10.6. The van der Waals surface area contributed by atoms with Crippen molar-refractivity contribution in [1.82, 2.24) is 4.72 Å². The van der Waals surface area contributed by atoms with E-state index in [1.54, 1.807) is 48.3 Å². The van der Waals surface area contributed by atoms with Gasteiger partial charge >= 0.3 is 0 Å². The SMILES string of the molecule is CC1C(=O)N(C)c2ccc(C(=O)NS(=O)(=O)c3ccccc3)cc2N1C1CC1. The van der Waals surface area contributed by atoms with Crippen LogP contribution in [0.5, 0.6) is 0 Å². The predicted octanol–water partition coefficient (Wildman–Crippen LogP) is 2.14. The lowest BCUT2D eigenvalue weighted by Gasteiger charge is -2.40. The van der Waals surface area contributed by atoms with Crippen LogP contribution in [-0.4, -0.2) is 39.4 Å². The zero-order chi connectivity index (χ0) is 20.1. The topological polar surface area (TPSA) is 86.8 Å². The summed E-state index contributed by atoms with van der Waals surface area (Å²) in [7, 11) is -2.24. The van der Waals surface area contributed by atoms with Crippen molar-refractivity contribution in [3.05, 3.63) is 54.1 Å². The smallest absolute Gasteiger partial charge is 0.265 e. The Hall–Kier alpha value is -2.87. The number of carbonyl (C=O) groups excluding carboxylic acids is 2. The number of hydrogen-bond donors (Lipinski definition) is 1. The zero-order valence-electron chi connectivity index (χ0n) is 15.6. The minimum absolute atomic E-state index is 0.00302. The molecule has 1 aliphatic carbocycles. The van der Waals surface area contributed by atoms with Gasteiger partial charge in [-0.1, -0.05) is 18.2 Å². The van der Waals surface area contributed by atoms with Crippen LogP contribution in [0.25, 0.3) is 0 Å². The second kappa shape index (κ2) is 6.63. The Kier molecular flexibility index (Phi) is 4.38. The maximum absolute atomic E-state index is 12.6. The highest BCUT2D eigenvalue weighted by Gasteiger charge is 2.41. The number of amides is 2. The van der Waals surface area contributed by atoms with E-state index in [-0.39, 0.29) is 28.4 Å². The van der Waals surface area contributed by atoms with Crippen molar-refractivity contribution >= 4 is 33.2 Å². The van der Waals surface area contributed by atoms with E-state index in [2.05, 4.69) is 4.72 Å². The largest absolute Gasteiger partial charge is 0.355 e. The number of hydrogen-bond acceptors (Lipinski definition) is 5. The lowest BCUT2D eigenvalue weighted by atomic mass is 10.0. The van der Waals surface area contributed by atoms with Crippen LogP contribution in [0.3, 0.4) is 0 Å². The first kappa shape index (κ1) is 18.5. The number of rotatable bonds is 4. The van der Waals surface area contributed by atoms with E-state index in [4.69, 9.17) is 0 Å². The molecule has 1 heterocycles. The summed E-state index contributed by atoms with van der Waals surface area (Å²) in [6, 6.07) is 12.6. The van der Waals surface area contributed by atoms with E-state index in [0.29, 0.717) is 0 Å². The van der Waals surface area contributed by atoms with Crippen LogP contribution in [0, 0.1) is 0 Å². The standard InChI is InChI=1S/C20H21N3O4S/c1-13-20(25)22(2)17-11-8-14(12-18(17)23(13)15-9-10-15)19(24)21-28(26,27)16-6-4-3-5-7-16/h3-8,11-13,15H,9-10H2,1-2H3,(H,21,24). The fourth-order valence-electron chi connectivity index (χ4n) is 3.59. The molecule has 0 aromatic heterocycles. The minimum atomic E-state index is -3.95. The molecule has 7 nitrogen and oxygen atoms in total. The fraction of sp³-hybridized carbons (Fsp3) is 0.300. The molecule has 1 unspecified atom stereocenters. The van der Waals surface area contributed by atoms with Crippen LogP contribution in [0.1, 0.15) is 30.1 Å². The van der Waals surface area contributed by atoms with Crippen molar-refractivity contribution < 1.29 is 18.0 Å². The Balaban J connectivity index is 1.67. The lowest BCUT2D eigenvalue weighted by molar-refractivity contribution is -0.119. The van der Waals surface area contributed by atoms with Gasteiger partial charge in [-0.2, -0.15) is 0 Å². The Morgan fingerprint density at radius 3 is 2.39 bits per heavy atom. The van der Waals surface area contributed by atoms with Crippen LogP contribution in [0.2, 0.25) is 0 Å². The Bertz CT molecular complexity index is 1050. The quantitative estimate of drug-likeness (QED) is 0.851. The molecular formula is C20H21N3O4S. The molecule has 1 fully saturated rings. The molecule has 2 aromatic rings. The lowest BCUT2D eigenvalue weighted by Crippen LogP contribution is -2.51. The molecule has 1 atom stereocenters. The number of carbonyl (C=O) groups is 2. The van der Waals surface area contributed by atoms with Crippen molar-refractivity contribution in [2.45, 2.75) is 36.7 Å². The number of benzene rings is 2. The van der Waals surface area contributed by atoms with E-state index >= 15 is 0 Å². The summed E-state index contributed by atoms with van der Waals surface area (Å²) in [5.41, 5.74) is 1.73. The predicted molar refractivity (Wildman–Crippen MR) is 106 cm³/mol. The molecule has 2 amide bonds. The van der Waals surface area contributed by atoms with Crippen molar-refractivity contribution in [1.29, 1.82) is 0 Å². The molecule has 146 valence electrons. The van der Waals surface area contributed by atoms with E-state index < -0.39 is 15.9 Å². The molecule has 0 saturated heterocycles. The van der Waals surface area contributed by atoms with Gasteiger partial charge in [-0.15, -0.1) is 0 Å². The third-order valence-corrected chi connectivity index (χ3v) is 6.55. The van der Waals surface area contributed by atoms with Gasteiger partial charge in [-0.05, 0) is 50.1 Å². The molecule has 2 aliphatic rings. The van der Waals surface area contributed by atoms with Crippen molar-refractivity contribution in [2.24, 2.45) is 0 Å². The Morgan fingerprint density at radius 1 is 1.07 bits per heavy atom. The van der Waals surface area contributed by atoms with Crippen molar-refractivity contribution in [3.63, 3.8) is 0 Å². The summed E-state index contributed by atoms with van der Waals surface area (Å²) >= 11 is 0. The summed E-state index contributed by atoms with van der Waals surface area (Å²) in [5, 5.41) is 0. The molecule has 0 radical (unpaired) electrons. The molecule has 28 heavy (non-hydrogen) atoms. The molecule has 0 bridgehead atoms. The third-order valence-electron chi connectivity index (χ3n) is 5.20. The summed E-state index contributed by atoms with van der Waals surface area (Å²) in [4.78, 5) is 28.8. The molecule has 1 aliphatic heterocycles. The third kappa shape index (κ3) is 3.13. The second-order valence-electron chi connectivity index (χ2n) is 7.16. The summed E-state index contributed by atoms with van der Waals surface area (Å²) in [6.07, 6.45) is 2.00. The van der Waals surface area contributed by atoms with Gasteiger partial charge in [-0.3, -0.25) is 9.59 Å². The molecule has 1 N–H and O–H groups in total. The molecule has 8 heteroatoms. The summed E-state index contributed by atoms with van der Waals surface area (Å²) in [5.74, 6) is -0.696. The van der Waals surface area contributed by atoms with Gasteiger partial charge in [0.25, 0.3) is 15.9 Å². The molecular weight excluding hydrogens is 378 g/mol. The molecule has 4 rings (SSSR count). The summed E-state index contributed by atoms with van der Waals surface area (Å²) < 4.78 is 27.0. The van der Waals surface area contributed by atoms with Gasteiger partial charge in [0.2, 0.25) is 5.91 Å². The van der Waals surface area contributed by atoms with Gasteiger partial charge in [0.1, 0.15) is 6.04 Å². The minimum Gasteiger partial charge on any atom is -0.355 e. The highest BCUT2D eigenvalue weighted by Crippen LogP contribution is 2.42. The van der Waals surface area contributed by atoms with Gasteiger partial charge in [-0.25, -0.2) is 13.1 Å². The van der Waals surface area contributed by atoms with Gasteiger partial charge in [0.15, 0.2) is 0 Å². The maximum Gasteiger partial charge on any atom is 0.265 e. The number of likely N-dealkylation sites (N-methyl/N-ethyl adjacent to an activating group) is 1. The average Bonchev–Trinajstić information content (AvgIpc) is 3.51. The zero-order valence-corrected chi connectivity index (χ0v) is 16.4. The van der Waals surface area contributed by atoms with Crippen LogP contribution >= 0.6 is 0 Å². The number of sulfonamides is 1. The van der Waals surface area contributed by atoms with Crippen LogP contribution in [0.4, 0.5) is 11.4 Å². The average molecular weight is 399 g/mol. The number of nitrogens with zero attached hydrogens (tertiary/aromatic N) is 2. The van der Waals surface area contributed by atoms with Crippen molar-refractivity contribution in [3.8, 4) is 0 Å². The highest BCUT2D eigenvalue weighted by atomic mass is 32.2. The van der Waals surface area contributed by atoms with E-state index in [1.165, 1.54) is 12.1 Å². The van der Waals surface area contributed by atoms with Gasteiger partial charge in [0, 0.05) is 18.7 Å². The Morgan fingerprint density at radius 2 is 1.75 bits per heavy atom. The first-order chi connectivity index (χ1) is 13.3. The fourth-order valence-corrected chi connectivity index (χ4v) is 4.58. The highest BCUT2D eigenvalue weighted by molar-refractivity contribution is 7.90. The summed E-state index contributed by atoms with van der Waals surface area (Å²) in [6.45, 7) is 1.85. The molecule has 1 saturated carbocycles. The second-order valence-corrected chi connectivity index (χ2v) is 8.85. The van der Waals surface area contributed by atoms with Gasteiger partial charge in [0.05, 0.1) is 16.3 Å². The molecule has 2 aromatic carbocycles. The van der Waals surface area contributed by atoms with Crippen LogP contribution in [-0.2, 0) is 14.8 Å². The number of nitrogens with one attached hydrogen (secondary N) is 1.